The lowest BCUT2D eigenvalue weighted by molar-refractivity contribution is 0.387. The third-order valence-corrected chi connectivity index (χ3v) is 4.59. The number of hydrogen-bond acceptors (Lipinski definition) is 3. The second-order valence-electron chi connectivity index (χ2n) is 5.50. The zero-order valence-corrected chi connectivity index (χ0v) is 12.2. The minimum absolute atomic E-state index is 0.0353. The minimum Gasteiger partial charge on any atom is -0.311 e. The van der Waals surface area contributed by atoms with Crippen LogP contribution in [0.4, 0.5) is 0 Å². The first kappa shape index (κ1) is 15.9. The van der Waals surface area contributed by atoms with Gasteiger partial charge in [0.05, 0.1) is 11.5 Å². The summed E-state index contributed by atoms with van der Waals surface area (Å²) < 4.78 is 23.3. The van der Waals surface area contributed by atoms with E-state index in [1.807, 2.05) is 13.8 Å². The van der Waals surface area contributed by atoms with E-state index in [0.29, 0.717) is 18.2 Å². The Labute approximate surface area is 101 Å². The normalized spacial score (nSPS) is 13.4. The predicted molar refractivity (Wildman–Crippen MR) is 70.5 cm³/mol. The molecule has 0 aromatic heterocycles. The largest absolute Gasteiger partial charge is 0.311 e. The van der Waals surface area contributed by atoms with E-state index in [9.17, 15) is 8.42 Å². The van der Waals surface area contributed by atoms with E-state index in [2.05, 4.69) is 26.1 Å². The minimum atomic E-state index is -2.87. The lowest BCUT2D eigenvalue weighted by atomic mass is 10.0. The standard InChI is InChI=1S/C12H27NO2S/c1-6-12(4,5)13-8-10-16(14,15)9-7-11(2)3/h11,13H,6-10H2,1-5H3. The number of rotatable bonds is 8. The van der Waals surface area contributed by atoms with E-state index in [0.717, 1.165) is 12.8 Å². The highest BCUT2D eigenvalue weighted by Gasteiger charge is 2.16. The summed E-state index contributed by atoms with van der Waals surface area (Å²) in [6.45, 7) is 10.9. The van der Waals surface area contributed by atoms with Crippen molar-refractivity contribution >= 4 is 9.84 Å². The van der Waals surface area contributed by atoms with Crippen molar-refractivity contribution < 1.29 is 8.42 Å². The fraction of sp³-hybridized carbons (Fsp3) is 1.00. The van der Waals surface area contributed by atoms with E-state index in [4.69, 9.17) is 0 Å². The van der Waals surface area contributed by atoms with Crippen LogP contribution in [0.5, 0.6) is 0 Å². The molecule has 0 atom stereocenters. The summed E-state index contributed by atoms with van der Waals surface area (Å²) in [5.41, 5.74) is 0.0353. The third kappa shape index (κ3) is 8.11. The molecule has 0 aromatic carbocycles. The molecule has 0 aliphatic heterocycles. The Balaban J connectivity index is 3.92. The molecule has 16 heavy (non-hydrogen) atoms. The van der Waals surface area contributed by atoms with E-state index in [1.165, 1.54) is 0 Å². The molecule has 0 aliphatic carbocycles. The van der Waals surface area contributed by atoms with Crippen LogP contribution >= 0.6 is 0 Å². The molecule has 0 heterocycles. The number of hydrogen-bond donors (Lipinski definition) is 1. The zero-order chi connectivity index (χ0) is 12.8. The second-order valence-corrected chi connectivity index (χ2v) is 7.80. The molecule has 0 rings (SSSR count). The summed E-state index contributed by atoms with van der Waals surface area (Å²) >= 11 is 0. The Morgan fingerprint density at radius 3 is 2.19 bits per heavy atom. The molecule has 0 saturated carbocycles. The summed E-state index contributed by atoms with van der Waals surface area (Å²) in [5, 5.41) is 3.27. The topological polar surface area (TPSA) is 46.2 Å². The molecular weight excluding hydrogens is 222 g/mol. The van der Waals surface area contributed by atoms with Crippen LogP contribution in [0, 0.1) is 5.92 Å². The zero-order valence-electron chi connectivity index (χ0n) is 11.3. The van der Waals surface area contributed by atoms with Crippen molar-refractivity contribution in [2.45, 2.75) is 53.0 Å². The van der Waals surface area contributed by atoms with Crippen LogP contribution in [0.2, 0.25) is 0 Å². The average Bonchev–Trinajstić information content (AvgIpc) is 2.14. The number of nitrogens with one attached hydrogen (secondary N) is 1. The monoisotopic (exact) mass is 249 g/mol. The molecule has 0 aromatic rings. The van der Waals surface area contributed by atoms with Crippen molar-refractivity contribution in [3.8, 4) is 0 Å². The fourth-order valence-electron chi connectivity index (χ4n) is 1.19. The summed E-state index contributed by atoms with van der Waals surface area (Å²) in [6, 6.07) is 0. The van der Waals surface area contributed by atoms with E-state index in [-0.39, 0.29) is 11.3 Å². The average molecular weight is 249 g/mol. The van der Waals surface area contributed by atoms with Gasteiger partial charge >= 0.3 is 0 Å². The Hall–Kier alpha value is -0.0900. The molecule has 0 aliphatic rings. The molecule has 3 nitrogen and oxygen atoms in total. The summed E-state index contributed by atoms with van der Waals surface area (Å²) in [5.74, 6) is 1.03. The van der Waals surface area contributed by atoms with Crippen molar-refractivity contribution in [3.05, 3.63) is 0 Å². The first-order valence-corrected chi connectivity index (χ1v) is 7.96. The molecular formula is C12H27NO2S. The number of sulfone groups is 1. The third-order valence-electron chi connectivity index (χ3n) is 2.91. The molecule has 98 valence electrons. The van der Waals surface area contributed by atoms with Gasteiger partial charge in [-0.1, -0.05) is 20.8 Å². The van der Waals surface area contributed by atoms with Crippen molar-refractivity contribution in [3.63, 3.8) is 0 Å². The molecule has 0 fully saturated rings. The van der Waals surface area contributed by atoms with E-state index < -0.39 is 9.84 Å². The predicted octanol–water partition coefficient (Wildman–Crippen LogP) is 2.23. The molecule has 0 saturated heterocycles. The Kier molecular flexibility index (Phi) is 6.56. The van der Waals surface area contributed by atoms with Crippen molar-refractivity contribution in [2.24, 2.45) is 5.92 Å². The van der Waals surface area contributed by atoms with Gasteiger partial charge in [0.15, 0.2) is 9.84 Å². The van der Waals surface area contributed by atoms with Crippen LogP contribution in [-0.4, -0.2) is 32.0 Å². The van der Waals surface area contributed by atoms with Gasteiger partial charge in [-0.3, -0.25) is 0 Å². The van der Waals surface area contributed by atoms with E-state index >= 15 is 0 Å². The van der Waals surface area contributed by atoms with Crippen molar-refractivity contribution in [1.82, 2.24) is 5.32 Å². The first-order valence-electron chi connectivity index (χ1n) is 6.14. The quantitative estimate of drug-likeness (QED) is 0.717. The van der Waals surface area contributed by atoms with Gasteiger partial charge in [-0.15, -0.1) is 0 Å². The van der Waals surface area contributed by atoms with Gasteiger partial charge < -0.3 is 5.32 Å². The Morgan fingerprint density at radius 1 is 1.19 bits per heavy atom. The fourth-order valence-corrected chi connectivity index (χ4v) is 2.63. The van der Waals surface area contributed by atoms with Gasteiger partial charge in [-0.2, -0.15) is 0 Å². The maximum Gasteiger partial charge on any atom is 0.151 e. The summed E-state index contributed by atoms with van der Waals surface area (Å²) in [6.07, 6.45) is 1.76. The van der Waals surface area contributed by atoms with Crippen LogP contribution < -0.4 is 5.32 Å². The molecule has 0 amide bonds. The second kappa shape index (κ2) is 6.60. The van der Waals surface area contributed by atoms with Gasteiger partial charge in [0.25, 0.3) is 0 Å². The molecule has 1 N–H and O–H groups in total. The van der Waals surface area contributed by atoms with Gasteiger partial charge in [-0.05, 0) is 32.6 Å². The molecule has 0 spiro atoms. The van der Waals surface area contributed by atoms with E-state index in [1.54, 1.807) is 0 Å². The molecule has 0 unspecified atom stereocenters. The van der Waals surface area contributed by atoms with Gasteiger partial charge in [0, 0.05) is 12.1 Å². The molecule has 0 radical (unpaired) electrons. The first-order chi connectivity index (χ1) is 7.18. The highest BCUT2D eigenvalue weighted by Crippen LogP contribution is 2.07. The Morgan fingerprint density at radius 2 is 1.75 bits per heavy atom. The maximum atomic E-state index is 11.7. The van der Waals surface area contributed by atoms with Crippen molar-refractivity contribution in [2.75, 3.05) is 18.1 Å². The van der Waals surface area contributed by atoms with Crippen LogP contribution in [-0.2, 0) is 9.84 Å². The molecule has 4 heteroatoms. The lowest BCUT2D eigenvalue weighted by Gasteiger charge is -2.24. The highest BCUT2D eigenvalue weighted by atomic mass is 32.2. The van der Waals surface area contributed by atoms with Crippen LogP contribution in [0.1, 0.15) is 47.5 Å². The lowest BCUT2D eigenvalue weighted by Crippen LogP contribution is -2.41. The van der Waals surface area contributed by atoms with Gasteiger partial charge in [0.2, 0.25) is 0 Å². The van der Waals surface area contributed by atoms with Crippen molar-refractivity contribution in [1.29, 1.82) is 0 Å². The molecule has 0 bridgehead atoms. The van der Waals surface area contributed by atoms with Crippen LogP contribution in [0.15, 0.2) is 0 Å². The SMILES string of the molecule is CCC(C)(C)NCCS(=O)(=O)CCC(C)C. The van der Waals surface area contributed by atoms with Gasteiger partial charge in [0.1, 0.15) is 0 Å². The van der Waals surface area contributed by atoms with Crippen LogP contribution in [0.3, 0.4) is 0 Å². The smallest absolute Gasteiger partial charge is 0.151 e. The summed E-state index contributed by atoms with van der Waals surface area (Å²) in [4.78, 5) is 0. The highest BCUT2D eigenvalue weighted by molar-refractivity contribution is 7.91. The Bertz CT molecular complexity index is 281. The maximum absolute atomic E-state index is 11.7. The summed E-state index contributed by atoms with van der Waals surface area (Å²) in [7, 11) is -2.87. The van der Waals surface area contributed by atoms with Gasteiger partial charge in [-0.25, -0.2) is 8.42 Å². The van der Waals surface area contributed by atoms with Crippen LogP contribution in [0.25, 0.3) is 0 Å².